The molecule has 0 aromatic heterocycles. The van der Waals surface area contributed by atoms with Gasteiger partial charge in [0.25, 0.3) is 0 Å². The zero-order chi connectivity index (χ0) is 13.8. The van der Waals surface area contributed by atoms with Crippen LogP contribution in [-0.2, 0) is 6.61 Å². The van der Waals surface area contributed by atoms with Gasteiger partial charge in [0.2, 0.25) is 0 Å². The first-order valence-corrected chi connectivity index (χ1v) is 5.74. The normalized spacial score (nSPS) is 10.0. The van der Waals surface area contributed by atoms with E-state index in [2.05, 4.69) is 0 Å². The highest BCUT2D eigenvalue weighted by molar-refractivity contribution is 6.32. The third-order valence-electron chi connectivity index (χ3n) is 2.39. The summed E-state index contributed by atoms with van der Waals surface area (Å²) in [6.45, 7) is -0.0763. The van der Waals surface area contributed by atoms with Gasteiger partial charge in [-0.1, -0.05) is 17.7 Å². The van der Waals surface area contributed by atoms with Crippen molar-refractivity contribution >= 4 is 11.6 Å². The van der Waals surface area contributed by atoms with Crippen molar-refractivity contribution in [2.24, 2.45) is 0 Å². The molecule has 0 spiro atoms. The van der Waals surface area contributed by atoms with E-state index >= 15 is 0 Å². The summed E-state index contributed by atoms with van der Waals surface area (Å²) in [5.74, 6) is -1.23. The Balaban J connectivity index is 2.19. The van der Waals surface area contributed by atoms with E-state index in [0.717, 1.165) is 6.07 Å². The van der Waals surface area contributed by atoms with Crippen molar-refractivity contribution in [3.63, 3.8) is 0 Å². The van der Waals surface area contributed by atoms with Gasteiger partial charge in [0, 0.05) is 0 Å². The van der Waals surface area contributed by atoms with E-state index in [1.165, 1.54) is 30.3 Å². The molecule has 0 amide bonds. The lowest BCUT2D eigenvalue weighted by atomic mass is 10.1. The van der Waals surface area contributed by atoms with Gasteiger partial charge in [-0.05, 0) is 35.9 Å². The molecule has 2 nitrogen and oxygen atoms in total. The monoisotopic (exact) mass is 279 g/mol. The number of nitriles is 1. The Morgan fingerprint density at radius 3 is 2.68 bits per heavy atom. The molecule has 0 bridgehead atoms. The molecule has 0 heterocycles. The third kappa shape index (κ3) is 3.21. The molecule has 0 unspecified atom stereocenters. The highest BCUT2D eigenvalue weighted by Gasteiger charge is 2.09. The van der Waals surface area contributed by atoms with Crippen LogP contribution in [0.25, 0.3) is 0 Å². The van der Waals surface area contributed by atoms with Gasteiger partial charge >= 0.3 is 0 Å². The summed E-state index contributed by atoms with van der Waals surface area (Å²) in [7, 11) is 0. The van der Waals surface area contributed by atoms with Crippen molar-refractivity contribution in [1.29, 1.82) is 5.26 Å². The second-order valence-corrected chi connectivity index (χ2v) is 4.21. The summed E-state index contributed by atoms with van der Waals surface area (Å²) < 4.78 is 31.9. The maximum atomic E-state index is 13.4. The number of hydrogen-bond donors (Lipinski definition) is 0. The minimum Gasteiger partial charge on any atom is -0.484 e. The number of halogens is 3. The predicted octanol–water partition coefficient (Wildman–Crippen LogP) is 4.07. The van der Waals surface area contributed by atoms with Gasteiger partial charge in [-0.15, -0.1) is 0 Å². The number of benzene rings is 2. The SMILES string of the molecule is N#Cc1cc(F)cc(COc2c(F)cccc2Cl)c1. The molecular weight excluding hydrogens is 272 g/mol. The van der Waals surface area contributed by atoms with E-state index in [4.69, 9.17) is 21.6 Å². The summed E-state index contributed by atoms with van der Waals surface area (Å²) in [5, 5.41) is 8.86. The fraction of sp³-hybridized carbons (Fsp3) is 0.0714. The minimum absolute atomic E-state index is 0.0763. The van der Waals surface area contributed by atoms with Crippen molar-refractivity contribution in [3.05, 3.63) is 64.2 Å². The van der Waals surface area contributed by atoms with E-state index in [-0.39, 0.29) is 22.9 Å². The molecular formula is C14H8ClF2NO. The van der Waals surface area contributed by atoms with E-state index in [1.807, 2.05) is 6.07 Å². The molecule has 2 aromatic rings. The average Bonchev–Trinajstić information content (AvgIpc) is 2.37. The zero-order valence-electron chi connectivity index (χ0n) is 9.66. The minimum atomic E-state index is -0.593. The Bertz CT molecular complexity index is 632. The smallest absolute Gasteiger partial charge is 0.174 e. The standard InChI is InChI=1S/C14H8ClF2NO/c15-12-2-1-3-13(17)14(12)19-8-10-4-9(7-18)5-11(16)6-10/h1-6H,8H2. The highest BCUT2D eigenvalue weighted by Crippen LogP contribution is 2.28. The van der Waals surface area contributed by atoms with Crippen LogP contribution in [0.15, 0.2) is 36.4 Å². The summed E-state index contributed by atoms with van der Waals surface area (Å²) >= 11 is 5.79. The summed E-state index contributed by atoms with van der Waals surface area (Å²) in [6, 6.07) is 9.80. The molecule has 0 aliphatic heterocycles. The molecule has 5 heteroatoms. The maximum Gasteiger partial charge on any atom is 0.174 e. The number of para-hydroxylation sites is 1. The molecule has 0 fully saturated rings. The average molecular weight is 280 g/mol. The maximum absolute atomic E-state index is 13.4. The largest absolute Gasteiger partial charge is 0.484 e. The fourth-order valence-electron chi connectivity index (χ4n) is 1.57. The molecule has 0 saturated carbocycles. The summed E-state index contributed by atoms with van der Waals surface area (Å²) in [6.07, 6.45) is 0. The molecule has 0 atom stereocenters. The second-order valence-electron chi connectivity index (χ2n) is 3.80. The number of hydrogen-bond acceptors (Lipinski definition) is 2. The lowest BCUT2D eigenvalue weighted by Crippen LogP contribution is -1.99. The Morgan fingerprint density at radius 1 is 1.21 bits per heavy atom. The van der Waals surface area contributed by atoms with E-state index in [0.29, 0.717) is 5.56 Å². The van der Waals surface area contributed by atoms with Crippen molar-refractivity contribution in [3.8, 4) is 11.8 Å². The van der Waals surface area contributed by atoms with Gasteiger partial charge in [-0.25, -0.2) is 8.78 Å². The molecule has 0 N–H and O–H groups in total. The van der Waals surface area contributed by atoms with Crippen LogP contribution in [0.1, 0.15) is 11.1 Å². The molecule has 0 aliphatic rings. The van der Waals surface area contributed by atoms with Gasteiger partial charge in [0.05, 0.1) is 16.7 Å². The number of ether oxygens (including phenoxy) is 1. The van der Waals surface area contributed by atoms with Crippen molar-refractivity contribution in [2.45, 2.75) is 6.61 Å². The van der Waals surface area contributed by atoms with Gasteiger partial charge in [0.1, 0.15) is 12.4 Å². The van der Waals surface area contributed by atoms with Crippen LogP contribution in [0, 0.1) is 23.0 Å². The van der Waals surface area contributed by atoms with Crippen molar-refractivity contribution in [2.75, 3.05) is 0 Å². The van der Waals surface area contributed by atoms with Gasteiger partial charge in [-0.3, -0.25) is 0 Å². The number of rotatable bonds is 3. The predicted molar refractivity (Wildman–Crippen MR) is 66.9 cm³/mol. The van der Waals surface area contributed by atoms with Crippen molar-refractivity contribution < 1.29 is 13.5 Å². The Hall–Kier alpha value is -2.12. The molecule has 0 aliphatic carbocycles. The van der Waals surface area contributed by atoms with E-state index in [1.54, 1.807) is 0 Å². The summed E-state index contributed by atoms with van der Waals surface area (Å²) in [4.78, 5) is 0. The zero-order valence-corrected chi connectivity index (χ0v) is 10.4. The van der Waals surface area contributed by atoms with E-state index < -0.39 is 11.6 Å². The molecule has 2 aromatic carbocycles. The van der Waals surface area contributed by atoms with E-state index in [9.17, 15) is 8.78 Å². The van der Waals surface area contributed by atoms with Crippen LogP contribution < -0.4 is 4.74 Å². The number of nitrogens with zero attached hydrogens (tertiary/aromatic N) is 1. The van der Waals surface area contributed by atoms with Gasteiger partial charge < -0.3 is 4.74 Å². The van der Waals surface area contributed by atoms with Crippen LogP contribution >= 0.6 is 11.6 Å². The van der Waals surface area contributed by atoms with Crippen LogP contribution in [0.2, 0.25) is 5.02 Å². The molecule has 0 radical (unpaired) electrons. The Morgan fingerprint density at radius 2 is 2.00 bits per heavy atom. The van der Waals surface area contributed by atoms with Crippen LogP contribution in [0.4, 0.5) is 8.78 Å². The third-order valence-corrected chi connectivity index (χ3v) is 2.69. The molecule has 0 saturated heterocycles. The van der Waals surface area contributed by atoms with Gasteiger partial charge in [-0.2, -0.15) is 5.26 Å². The lowest BCUT2D eigenvalue weighted by molar-refractivity contribution is 0.290. The van der Waals surface area contributed by atoms with Crippen LogP contribution in [0.3, 0.4) is 0 Å². The molecule has 96 valence electrons. The molecule has 2 rings (SSSR count). The first kappa shape index (κ1) is 13.3. The highest BCUT2D eigenvalue weighted by atomic mass is 35.5. The second kappa shape index (κ2) is 5.68. The van der Waals surface area contributed by atoms with Crippen molar-refractivity contribution in [1.82, 2.24) is 0 Å². The topological polar surface area (TPSA) is 33.0 Å². The Kier molecular flexibility index (Phi) is 3.98. The first-order valence-electron chi connectivity index (χ1n) is 5.36. The summed E-state index contributed by atoms with van der Waals surface area (Å²) in [5.41, 5.74) is 0.606. The van der Waals surface area contributed by atoms with Crippen LogP contribution in [0.5, 0.6) is 5.75 Å². The fourth-order valence-corrected chi connectivity index (χ4v) is 1.79. The Labute approximate surface area is 113 Å². The van der Waals surface area contributed by atoms with Crippen LogP contribution in [-0.4, -0.2) is 0 Å². The molecule has 19 heavy (non-hydrogen) atoms. The van der Waals surface area contributed by atoms with Gasteiger partial charge in [0.15, 0.2) is 11.6 Å². The quantitative estimate of drug-likeness (QED) is 0.848. The lowest BCUT2D eigenvalue weighted by Gasteiger charge is -2.09. The first-order chi connectivity index (χ1) is 9.10.